The van der Waals surface area contributed by atoms with Gasteiger partial charge in [0.15, 0.2) is 5.82 Å². The van der Waals surface area contributed by atoms with Crippen molar-refractivity contribution in [3.63, 3.8) is 0 Å². The lowest BCUT2D eigenvalue weighted by molar-refractivity contribution is 0.0577. The molecule has 1 aliphatic carbocycles. The van der Waals surface area contributed by atoms with Gasteiger partial charge >= 0.3 is 0 Å². The maximum absolute atomic E-state index is 13.3. The number of fused-ring (bicyclic) bond motifs is 1. The number of halogens is 1. The van der Waals surface area contributed by atoms with E-state index in [-0.39, 0.29) is 5.91 Å². The molecule has 0 saturated heterocycles. The number of carbonyl (C=O) groups is 1. The van der Waals surface area contributed by atoms with Gasteiger partial charge in [-0.05, 0) is 67.8 Å². The van der Waals surface area contributed by atoms with E-state index in [0.29, 0.717) is 39.9 Å². The fourth-order valence-corrected chi connectivity index (χ4v) is 4.26. The molecule has 4 aromatic heterocycles. The average Bonchev–Trinajstić information content (AvgIpc) is 3.23. The molecule has 12 heteroatoms. The first-order chi connectivity index (χ1) is 17.7. The number of hydrogen-bond donors (Lipinski definition) is 2. The maximum atomic E-state index is 13.3. The van der Waals surface area contributed by atoms with E-state index in [2.05, 4.69) is 30.9 Å². The summed E-state index contributed by atoms with van der Waals surface area (Å²) in [5.74, 6) is 0.763. The van der Waals surface area contributed by atoms with Crippen molar-refractivity contribution in [3.8, 4) is 16.8 Å². The third-order valence-corrected chi connectivity index (χ3v) is 6.41. The topological polar surface area (TPSA) is 128 Å². The second-order valence-corrected chi connectivity index (χ2v) is 10.3. The minimum atomic E-state index is -0.883. The number of tetrazole rings is 1. The summed E-state index contributed by atoms with van der Waals surface area (Å²) in [6.45, 7) is 3.82. The van der Waals surface area contributed by atoms with Crippen molar-refractivity contribution < 1.29 is 9.90 Å². The van der Waals surface area contributed by atoms with Crippen molar-refractivity contribution in [1.82, 2.24) is 39.6 Å². The fraction of sp³-hybridized carbons (Fsp3) is 0.280. The van der Waals surface area contributed by atoms with Crippen LogP contribution in [-0.4, -0.2) is 56.2 Å². The van der Waals surface area contributed by atoms with Crippen LogP contribution in [0.4, 0.5) is 5.69 Å². The van der Waals surface area contributed by atoms with Gasteiger partial charge in [-0.1, -0.05) is 11.6 Å². The molecule has 1 aromatic carbocycles. The van der Waals surface area contributed by atoms with Crippen LogP contribution in [0.15, 0.2) is 55.1 Å². The molecule has 1 fully saturated rings. The molecule has 1 saturated carbocycles. The number of anilines is 1. The summed E-state index contributed by atoms with van der Waals surface area (Å²) in [6.07, 6.45) is 9.06. The third kappa shape index (κ3) is 4.83. The Kier molecular flexibility index (Phi) is 5.54. The van der Waals surface area contributed by atoms with Gasteiger partial charge in [0.2, 0.25) is 0 Å². The Morgan fingerprint density at radius 2 is 2.00 bits per heavy atom. The first kappa shape index (κ1) is 23.3. The molecule has 4 heterocycles. The summed E-state index contributed by atoms with van der Waals surface area (Å²) in [6, 6.07) is 8.95. The fourth-order valence-electron chi connectivity index (χ4n) is 4.09. The van der Waals surface area contributed by atoms with Crippen LogP contribution < -0.4 is 5.32 Å². The number of benzene rings is 1. The highest BCUT2D eigenvalue weighted by molar-refractivity contribution is 6.34. The second-order valence-electron chi connectivity index (χ2n) is 9.87. The minimum Gasteiger partial charge on any atom is -0.389 e. The molecular weight excluding hydrogens is 494 g/mol. The van der Waals surface area contributed by atoms with Crippen LogP contribution in [-0.2, 0) is 6.54 Å². The molecule has 1 aliphatic rings. The summed E-state index contributed by atoms with van der Waals surface area (Å²) in [7, 11) is 0. The molecule has 5 aromatic rings. The van der Waals surface area contributed by atoms with Gasteiger partial charge in [-0.2, -0.15) is 10.2 Å². The van der Waals surface area contributed by atoms with Gasteiger partial charge in [0.25, 0.3) is 5.91 Å². The molecule has 37 heavy (non-hydrogen) atoms. The quantitative estimate of drug-likeness (QED) is 0.336. The van der Waals surface area contributed by atoms with Crippen LogP contribution in [0.25, 0.3) is 22.3 Å². The van der Waals surface area contributed by atoms with E-state index < -0.39 is 5.60 Å². The van der Waals surface area contributed by atoms with Crippen LogP contribution >= 0.6 is 11.6 Å². The summed E-state index contributed by atoms with van der Waals surface area (Å²) in [4.78, 5) is 14.7. The number of aromatic nitrogens is 8. The van der Waals surface area contributed by atoms with Crippen molar-refractivity contribution >= 4 is 28.7 Å². The van der Waals surface area contributed by atoms with Gasteiger partial charge < -0.3 is 10.4 Å². The van der Waals surface area contributed by atoms with E-state index >= 15 is 0 Å². The normalized spacial score (nSPS) is 13.8. The summed E-state index contributed by atoms with van der Waals surface area (Å²) in [5, 5.41) is 34.7. The van der Waals surface area contributed by atoms with E-state index in [1.807, 2.05) is 18.3 Å². The Labute approximate surface area is 216 Å². The van der Waals surface area contributed by atoms with Gasteiger partial charge in [-0.15, -0.1) is 15.0 Å². The Balaban J connectivity index is 1.26. The predicted molar refractivity (Wildman–Crippen MR) is 137 cm³/mol. The highest BCUT2D eigenvalue weighted by atomic mass is 35.5. The van der Waals surface area contributed by atoms with E-state index in [9.17, 15) is 9.90 Å². The lowest BCUT2D eigenvalue weighted by Crippen LogP contribution is -2.26. The summed E-state index contributed by atoms with van der Waals surface area (Å²) >= 11 is 6.40. The molecule has 0 aliphatic heterocycles. The first-order valence-corrected chi connectivity index (χ1v) is 12.3. The zero-order valence-corrected chi connectivity index (χ0v) is 21.0. The molecule has 1 amide bonds. The van der Waals surface area contributed by atoms with Crippen LogP contribution in [0.1, 0.15) is 48.8 Å². The van der Waals surface area contributed by atoms with Gasteiger partial charge in [-0.25, -0.2) is 4.52 Å². The Morgan fingerprint density at radius 1 is 1.16 bits per heavy atom. The van der Waals surface area contributed by atoms with E-state index in [0.717, 1.165) is 29.8 Å². The number of amides is 1. The summed E-state index contributed by atoms with van der Waals surface area (Å²) < 4.78 is 3.33. The minimum absolute atomic E-state index is 0.353. The molecule has 6 rings (SSSR count). The van der Waals surface area contributed by atoms with Crippen molar-refractivity contribution in [2.75, 3.05) is 5.32 Å². The molecule has 188 valence electrons. The highest BCUT2D eigenvalue weighted by Crippen LogP contribution is 2.37. The number of nitrogens with zero attached hydrogens (tertiary/aromatic N) is 8. The van der Waals surface area contributed by atoms with Crippen LogP contribution in [0, 0.1) is 0 Å². The predicted octanol–water partition coefficient (Wildman–Crippen LogP) is 3.73. The zero-order valence-electron chi connectivity index (χ0n) is 20.2. The van der Waals surface area contributed by atoms with Crippen molar-refractivity contribution in [2.45, 2.75) is 44.8 Å². The van der Waals surface area contributed by atoms with E-state index in [1.54, 1.807) is 53.6 Å². The number of nitrogens with one attached hydrogen (secondary N) is 1. The van der Waals surface area contributed by atoms with Gasteiger partial charge in [0.1, 0.15) is 0 Å². The van der Waals surface area contributed by atoms with Crippen molar-refractivity contribution in [1.29, 1.82) is 0 Å². The number of rotatable bonds is 7. The van der Waals surface area contributed by atoms with Crippen molar-refractivity contribution in [2.24, 2.45) is 0 Å². The van der Waals surface area contributed by atoms with Gasteiger partial charge in [-0.3, -0.25) is 9.48 Å². The number of hydrogen-bond acceptors (Lipinski definition) is 7. The van der Waals surface area contributed by atoms with E-state index in [1.165, 1.54) is 11.0 Å². The SMILES string of the molecule is CC(C)(O)Cn1cc(-c2ccn3ncc(C(=O)Nc4cc(-n5nnc(C6CC6)n5)ccc4Cl)c3c2)cn1. The third-order valence-electron chi connectivity index (χ3n) is 6.08. The molecular formula is C25H24ClN9O2. The second kappa shape index (κ2) is 8.79. The van der Waals surface area contributed by atoms with Crippen molar-refractivity contribution in [3.05, 3.63) is 71.5 Å². The maximum Gasteiger partial charge on any atom is 0.259 e. The monoisotopic (exact) mass is 517 g/mol. The molecule has 0 unspecified atom stereocenters. The lowest BCUT2D eigenvalue weighted by Gasteiger charge is -2.16. The Morgan fingerprint density at radius 3 is 2.78 bits per heavy atom. The first-order valence-electron chi connectivity index (χ1n) is 11.9. The average molecular weight is 518 g/mol. The smallest absolute Gasteiger partial charge is 0.259 e. The Bertz CT molecular complexity index is 1620. The number of carbonyl (C=O) groups excluding carboxylic acids is 1. The van der Waals surface area contributed by atoms with Crippen LogP contribution in [0.5, 0.6) is 0 Å². The van der Waals surface area contributed by atoms with Crippen LogP contribution in [0.2, 0.25) is 5.02 Å². The van der Waals surface area contributed by atoms with Gasteiger partial charge in [0.05, 0.1) is 52.0 Å². The molecule has 0 bridgehead atoms. The summed E-state index contributed by atoms with van der Waals surface area (Å²) in [5.41, 5.74) is 2.94. The van der Waals surface area contributed by atoms with Crippen LogP contribution in [0.3, 0.4) is 0 Å². The molecule has 0 spiro atoms. The molecule has 0 radical (unpaired) electrons. The molecule has 11 nitrogen and oxygen atoms in total. The standard InChI is InChI=1S/C25H24ClN9O2/c1-25(2,37)14-33-13-17(11-27-33)16-7-8-34-22(9-16)19(12-28-34)24(36)29-21-10-18(5-6-20(21)26)35-31-23(30-32-35)15-3-4-15/h5-13,15,37H,3-4,14H2,1-2H3,(H,29,36). The van der Waals surface area contributed by atoms with Gasteiger partial charge in [0, 0.05) is 23.9 Å². The largest absolute Gasteiger partial charge is 0.389 e. The zero-order chi connectivity index (χ0) is 25.7. The molecule has 0 atom stereocenters. The Hall–Kier alpha value is -4.09. The molecule has 2 N–H and O–H groups in total. The highest BCUT2D eigenvalue weighted by Gasteiger charge is 2.28. The number of pyridine rings is 1. The lowest BCUT2D eigenvalue weighted by atomic mass is 10.1. The van der Waals surface area contributed by atoms with E-state index in [4.69, 9.17) is 11.6 Å². The number of aliphatic hydroxyl groups is 1.